The molecule has 0 aliphatic carbocycles. The summed E-state index contributed by atoms with van der Waals surface area (Å²) in [6.07, 6.45) is 0. The highest BCUT2D eigenvalue weighted by Gasteiger charge is 2.07. The zero-order chi connectivity index (χ0) is 14.8. The van der Waals surface area contributed by atoms with Crippen molar-refractivity contribution in [2.24, 2.45) is 0 Å². The van der Waals surface area contributed by atoms with Gasteiger partial charge >= 0.3 is 0 Å². The second kappa shape index (κ2) is 5.40. The largest absolute Gasteiger partial charge is 0.398 e. The van der Waals surface area contributed by atoms with Crippen LogP contribution in [-0.2, 0) is 6.54 Å². The molecule has 0 amide bonds. The van der Waals surface area contributed by atoms with Gasteiger partial charge in [-0.15, -0.1) is 0 Å². The molecule has 1 heterocycles. The number of aromatic nitrogens is 1. The maximum atomic E-state index is 13.0. The minimum Gasteiger partial charge on any atom is -0.398 e. The first-order valence-electron chi connectivity index (χ1n) is 6.74. The van der Waals surface area contributed by atoms with E-state index in [0.717, 1.165) is 28.0 Å². The number of hydrogen-bond acceptors (Lipinski definition) is 3. The topological polar surface area (TPSA) is 42.1 Å². The van der Waals surface area contributed by atoms with E-state index >= 15 is 0 Å². The van der Waals surface area contributed by atoms with Crippen molar-refractivity contribution in [1.29, 1.82) is 0 Å². The predicted octanol–water partition coefficient (Wildman–Crippen LogP) is 3.59. The number of nitrogens with two attached hydrogens (primary N) is 1. The number of pyridine rings is 1. The number of hydrogen-bond donors (Lipinski definition) is 1. The first-order chi connectivity index (χ1) is 10.1. The van der Waals surface area contributed by atoms with Crippen LogP contribution in [0.3, 0.4) is 0 Å². The average Bonchev–Trinajstić information content (AvgIpc) is 2.48. The SMILES string of the molecule is CN(Cc1cc(N)c2ccccc2n1)c1ccc(F)cc1. The molecule has 0 unspecified atom stereocenters. The number of halogens is 1. The Morgan fingerprint density at radius 2 is 1.81 bits per heavy atom. The second-order valence-corrected chi connectivity index (χ2v) is 5.05. The molecule has 21 heavy (non-hydrogen) atoms. The molecule has 0 spiro atoms. The van der Waals surface area contributed by atoms with Gasteiger partial charge in [0.2, 0.25) is 0 Å². The molecule has 3 nitrogen and oxygen atoms in total. The van der Waals surface area contributed by atoms with Crippen molar-refractivity contribution < 1.29 is 4.39 Å². The van der Waals surface area contributed by atoms with Gasteiger partial charge in [-0.1, -0.05) is 18.2 Å². The summed E-state index contributed by atoms with van der Waals surface area (Å²) >= 11 is 0. The van der Waals surface area contributed by atoms with E-state index in [1.165, 1.54) is 12.1 Å². The minimum absolute atomic E-state index is 0.236. The van der Waals surface area contributed by atoms with Crippen LogP contribution in [0.5, 0.6) is 0 Å². The summed E-state index contributed by atoms with van der Waals surface area (Å²) in [7, 11) is 1.94. The third-order valence-corrected chi connectivity index (χ3v) is 3.47. The first kappa shape index (κ1) is 13.4. The van der Waals surface area contributed by atoms with E-state index in [0.29, 0.717) is 6.54 Å². The smallest absolute Gasteiger partial charge is 0.123 e. The summed E-state index contributed by atoms with van der Waals surface area (Å²) in [6.45, 7) is 0.612. The highest BCUT2D eigenvalue weighted by molar-refractivity contribution is 5.90. The average molecular weight is 281 g/mol. The Labute approximate surface area is 122 Å². The molecule has 0 saturated heterocycles. The quantitative estimate of drug-likeness (QED) is 0.797. The molecule has 0 aliphatic heterocycles. The van der Waals surface area contributed by atoms with Crippen LogP contribution < -0.4 is 10.6 Å². The summed E-state index contributed by atoms with van der Waals surface area (Å²) in [6, 6.07) is 16.1. The molecule has 1 aromatic heterocycles. The van der Waals surface area contributed by atoms with Gasteiger partial charge in [-0.25, -0.2) is 4.39 Å². The Bertz CT molecular complexity index is 769. The molecule has 2 N–H and O–H groups in total. The van der Waals surface area contributed by atoms with Gasteiger partial charge < -0.3 is 10.6 Å². The summed E-state index contributed by atoms with van der Waals surface area (Å²) in [4.78, 5) is 6.63. The Hall–Kier alpha value is -2.62. The van der Waals surface area contributed by atoms with E-state index in [1.807, 2.05) is 42.3 Å². The van der Waals surface area contributed by atoms with Gasteiger partial charge in [-0.3, -0.25) is 4.98 Å². The molecular formula is C17H16FN3. The van der Waals surface area contributed by atoms with E-state index in [4.69, 9.17) is 5.73 Å². The van der Waals surface area contributed by atoms with Crippen LogP contribution in [-0.4, -0.2) is 12.0 Å². The van der Waals surface area contributed by atoms with Crippen molar-refractivity contribution in [3.63, 3.8) is 0 Å². The zero-order valence-corrected chi connectivity index (χ0v) is 11.8. The van der Waals surface area contributed by atoms with Gasteiger partial charge in [0.1, 0.15) is 5.82 Å². The molecule has 106 valence electrons. The van der Waals surface area contributed by atoms with Crippen LogP contribution in [0.1, 0.15) is 5.69 Å². The number of benzene rings is 2. The first-order valence-corrected chi connectivity index (χ1v) is 6.74. The lowest BCUT2D eigenvalue weighted by Gasteiger charge is -2.19. The third-order valence-electron chi connectivity index (χ3n) is 3.47. The number of nitrogen functional groups attached to an aromatic ring is 1. The lowest BCUT2D eigenvalue weighted by atomic mass is 10.1. The monoisotopic (exact) mass is 281 g/mol. The van der Waals surface area contributed by atoms with Gasteiger partial charge in [-0.2, -0.15) is 0 Å². The number of fused-ring (bicyclic) bond motifs is 1. The van der Waals surface area contributed by atoms with Crippen molar-refractivity contribution >= 4 is 22.3 Å². The molecule has 2 aromatic carbocycles. The van der Waals surface area contributed by atoms with E-state index < -0.39 is 0 Å². The maximum absolute atomic E-state index is 13.0. The van der Waals surface area contributed by atoms with Gasteiger partial charge in [0.25, 0.3) is 0 Å². The van der Waals surface area contributed by atoms with Gasteiger partial charge in [0.15, 0.2) is 0 Å². The standard InChI is InChI=1S/C17H16FN3/c1-21(14-8-6-12(18)7-9-14)11-13-10-16(19)15-4-2-3-5-17(15)20-13/h2-10H,11H2,1H3,(H2,19,20). The second-order valence-electron chi connectivity index (χ2n) is 5.05. The lowest BCUT2D eigenvalue weighted by molar-refractivity contribution is 0.627. The third kappa shape index (κ3) is 2.79. The number of nitrogens with zero attached hydrogens (tertiary/aromatic N) is 2. The van der Waals surface area contributed by atoms with Crippen molar-refractivity contribution in [2.45, 2.75) is 6.54 Å². The predicted molar refractivity (Wildman–Crippen MR) is 84.7 cm³/mol. The van der Waals surface area contributed by atoms with Crippen molar-refractivity contribution in [3.8, 4) is 0 Å². The summed E-state index contributed by atoms with van der Waals surface area (Å²) in [5.41, 5.74) is 9.52. The van der Waals surface area contributed by atoms with Crippen LogP contribution >= 0.6 is 0 Å². The van der Waals surface area contributed by atoms with Gasteiger partial charge in [-0.05, 0) is 36.4 Å². The van der Waals surface area contributed by atoms with Crippen molar-refractivity contribution in [3.05, 3.63) is 66.1 Å². The molecule has 3 aromatic rings. The van der Waals surface area contributed by atoms with Gasteiger partial charge in [0.05, 0.1) is 17.8 Å². The van der Waals surface area contributed by atoms with E-state index in [2.05, 4.69) is 4.98 Å². The van der Waals surface area contributed by atoms with Crippen LogP contribution in [0.25, 0.3) is 10.9 Å². The van der Waals surface area contributed by atoms with Crippen molar-refractivity contribution in [2.75, 3.05) is 17.7 Å². The molecule has 0 radical (unpaired) electrons. The normalized spacial score (nSPS) is 10.8. The molecular weight excluding hydrogens is 265 g/mol. The fraction of sp³-hybridized carbons (Fsp3) is 0.118. The molecule has 0 aliphatic rings. The Morgan fingerprint density at radius 1 is 1.10 bits per heavy atom. The number of anilines is 2. The van der Waals surface area contributed by atoms with Crippen molar-refractivity contribution in [1.82, 2.24) is 4.98 Å². The zero-order valence-electron chi connectivity index (χ0n) is 11.8. The molecule has 0 bridgehead atoms. The number of rotatable bonds is 3. The molecule has 0 fully saturated rings. The van der Waals surface area contributed by atoms with E-state index in [9.17, 15) is 4.39 Å². The Balaban J connectivity index is 1.89. The van der Waals surface area contributed by atoms with Crippen LogP contribution in [0.2, 0.25) is 0 Å². The lowest BCUT2D eigenvalue weighted by Crippen LogP contribution is -2.17. The van der Waals surface area contributed by atoms with Gasteiger partial charge in [0, 0.05) is 23.8 Å². The maximum Gasteiger partial charge on any atom is 0.123 e. The Kier molecular flexibility index (Phi) is 3.44. The highest BCUT2D eigenvalue weighted by atomic mass is 19.1. The van der Waals surface area contributed by atoms with E-state index in [1.54, 1.807) is 12.1 Å². The molecule has 4 heteroatoms. The summed E-state index contributed by atoms with van der Waals surface area (Å²) in [5.74, 6) is -0.236. The number of para-hydroxylation sites is 1. The van der Waals surface area contributed by atoms with E-state index in [-0.39, 0.29) is 5.82 Å². The van der Waals surface area contributed by atoms with Crippen LogP contribution in [0.15, 0.2) is 54.6 Å². The molecule has 3 rings (SSSR count). The Morgan fingerprint density at radius 3 is 2.57 bits per heavy atom. The fourth-order valence-electron chi connectivity index (χ4n) is 2.37. The highest BCUT2D eigenvalue weighted by Crippen LogP contribution is 2.22. The van der Waals surface area contributed by atoms with Crippen LogP contribution in [0, 0.1) is 5.82 Å². The minimum atomic E-state index is -0.236. The van der Waals surface area contributed by atoms with Crippen LogP contribution in [0.4, 0.5) is 15.8 Å². The fourth-order valence-corrected chi connectivity index (χ4v) is 2.37. The summed E-state index contributed by atoms with van der Waals surface area (Å²) < 4.78 is 13.0. The summed E-state index contributed by atoms with van der Waals surface area (Å²) in [5, 5.41) is 0.964. The molecule has 0 atom stereocenters. The molecule has 0 saturated carbocycles.